The highest BCUT2D eigenvalue weighted by molar-refractivity contribution is 14.0. The normalized spacial score (nSPS) is 17.5. The number of guanidine groups is 1. The third-order valence-electron chi connectivity index (χ3n) is 4.05. The van der Waals surface area contributed by atoms with E-state index in [9.17, 15) is 4.79 Å². The Morgan fingerprint density at radius 2 is 1.70 bits per heavy atom. The van der Waals surface area contributed by atoms with E-state index in [2.05, 4.69) is 18.8 Å². The highest BCUT2D eigenvalue weighted by Crippen LogP contribution is 2.39. The molecule has 1 amide bonds. The third-order valence-corrected chi connectivity index (χ3v) is 4.05. The van der Waals surface area contributed by atoms with Gasteiger partial charge in [0.25, 0.3) is 0 Å². The van der Waals surface area contributed by atoms with Crippen LogP contribution in [0.1, 0.15) is 39.5 Å². The topological polar surface area (TPSA) is 61.9 Å². The van der Waals surface area contributed by atoms with Crippen molar-refractivity contribution >= 4 is 35.8 Å². The maximum atomic E-state index is 12.4. The van der Waals surface area contributed by atoms with Gasteiger partial charge in [-0.3, -0.25) is 9.79 Å². The van der Waals surface area contributed by atoms with E-state index in [4.69, 9.17) is 5.73 Å². The van der Waals surface area contributed by atoms with E-state index >= 15 is 0 Å². The van der Waals surface area contributed by atoms with Crippen molar-refractivity contribution in [3.05, 3.63) is 0 Å². The first kappa shape index (κ1) is 19.5. The maximum absolute atomic E-state index is 12.4. The number of aliphatic imine (C=N–C) groups is 1. The molecule has 1 saturated carbocycles. The summed E-state index contributed by atoms with van der Waals surface area (Å²) in [5, 5.41) is 0. The lowest BCUT2D eigenvalue weighted by atomic mass is 9.85. The number of halogens is 1. The van der Waals surface area contributed by atoms with Crippen molar-refractivity contribution in [3.63, 3.8) is 0 Å². The SMILES string of the molecule is CCN(CC)C(N)=NCC1(C(=O)N(C)C)CCCC1.I. The number of nitrogens with two attached hydrogens (primary N) is 1. The fourth-order valence-electron chi connectivity index (χ4n) is 2.85. The molecule has 1 aliphatic rings. The van der Waals surface area contributed by atoms with E-state index in [0.29, 0.717) is 12.5 Å². The smallest absolute Gasteiger partial charge is 0.230 e. The molecule has 0 aromatic carbocycles. The summed E-state index contributed by atoms with van der Waals surface area (Å²) in [7, 11) is 3.64. The summed E-state index contributed by atoms with van der Waals surface area (Å²) in [6, 6.07) is 0. The number of carbonyl (C=O) groups is 1. The predicted octanol–water partition coefficient (Wildman–Crippen LogP) is 1.91. The Bertz CT molecular complexity index is 334. The summed E-state index contributed by atoms with van der Waals surface area (Å²) < 4.78 is 0. The van der Waals surface area contributed by atoms with Gasteiger partial charge in [0.05, 0.1) is 12.0 Å². The van der Waals surface area contributed by atoms with Gasteiger partial charge in [-0.25, -0.2) is 0 Å². The zero-order chi connectivity index (χ0) is 14.5. The Morgan fingerprint density at radius 1 is 1.20 bits per heavy atom. The molecule has 0 aliphatic heterocycles. The van der Waals surface area contributed by atoms with Crippen LogP contribution in [0, 0.1) is 5.41 Å². The minimum absolute atomic E-state index is 0. The quantitative estimate of drug-likeness (QED) is 0.439. The molecular formula is C14H29IN4O. The number of rotatable bonds is 5. The number of nitrogens with zero attached hydrogens (tertiary/aromatic N) is 3. The summed E-state index contributed by atoms with van der Waals surface area (Å²) >= 11 is 0. The van der Waals surface area contributed by atoms with Crippen LogP contribution >= 0.6 is 24.0 Å². The molecular weight excluding hydrogens is 367 g/mol. The number of hydrogen-bond donors (Lipinski definition) is 1. The second-order valence-electron chi connectivity index (χ2n) is 5.53. The first-order chi connectivity index (χ1) is 8.96. The minimum atomic E-state index is -0.318. The molecule has 118 valence electrons. The predicted molar refractivity (Wildman–Crippen MR) is 94.4 cm³/mol. The molecule has 1 aliphatic carbocycles. The second-order valence-corrected chi connectivity index (χ2v) is 5.53. The van der Waals surface area contributed by atoms with Gasteiger partial charge < -0.3 is 15.5 Å². The lowest BCUT2D eigenvalue weighted by molar-refractivity contribution is -0.138. The minimum Gasteiger partial charge on any atom is -0.370 e. The van der Waals surface area contributed by atoms with Crippen LogP contribution in [0.2, 0.25) is 0 Å². The Morgan fingerprint density at radius 3 is 2.10 bits per heavy atom. The zero-order valence-corrected chi connectivity index (χ0v) is 15.5. The van der Waals surface area contributed by atoms with Crippen molar-refractivity contribution in [2.45, 2.75) is 39.5 Å². The number of amides is 1. The van der Waals surface area contributed by atoms with Gasteiger partial charge in [-0.1, -0.05) is 12.8 Å². The van der Waals surface area contributed by atoms with E-state index in [1.54, 1.807) is 4.90 Å². The standard InChI is InChI=1S/C14H28N4O.HI/c1-5-18(6-2)13(15)16-11-14(9-7-8-10-14)12(19)17(3)4;/h5-11H2,1-4H3,(H2,15,16);1H. The molecule has 6 heteroatoms. The first-order valence-corrected chi connectivity index (χ1v) is 7.23. The van der Waals surface area contributed by atoms with Gasteiger partial charge >= 0.3 is 0 Å². The average Bonchev–Trinajstić information content (AvgIpc) is 2.86. The van der Waals surface area contributed by atoms with Crippen LogP contribution in [0.15, 0.2) is 4.99 Å². The Balaban J connectivity index is 0.00000361. The third kappa shape index (κ3) is 4.49. The van der Waals surface area contributed by atoms with Crippen LogP contribution in [0.25, 0.3) is 0 Å². The van der Waals surface area contributed by atoms with Gasteiger partial charge in [-0.15, -0.1) is 24.0 Å². The molecule has 0 atom stereocenters. The van der Waals surface area contributed by atoms with E-state index in [1.807, 2.05) is 19.0 Å². The first-order valence-electron chi connectivity index (χ1n) is 7.23. The van der Waals surface area contributed by atoms with Gasteiger partial charge in [0.2, 0.25) is 5.91 Å². The van der Waals surface area contributed by atoms with Crippen molar-refractivity contribution < 1.29 is 4.79 Å². The van der Waals surface area contributed by atoms with Gasteiger partial charge in [0.15, 0.2) is 5.96 Å². The van der Waals surface area contributed by atoms with Crippen molar-refractivity contribution in [2.75, 3.05) is 33.7 Å². The maximum Gasteiger partial charge on any atom is 0.230 e. The average molecular weight is 396 g/mol. The van der Waals surface area contributed by atoms with Crippen LogP contribution in [0.5, 0.6) is 0 Å². The summed E-state index contributed by atoms with van der Waals surface area (Å²) in [6.45, 7) is 6.33. The highest BCUT2D eigenvalue weighted by Gasteiger charge is 2.42. The molecule has 5 nitrogen and oxygen atoms in total. The van der Waals surface area contributed by atoms with E-state index in [-0.39, 0.29) is 35.3 Å². The molecule has 0 bridgehead atoms. The molecule has 0 spiro atoms. The highest BCUT2D eigenvalue weighted by atomic mass is 127. The summed E-state index contributed by atoms with van der Waals surface area (Å²) in [4.78, 5) is 20.6. The molecule has 1 rings (SSSR count). The molecule has 0 saturated heterocycles. The Hall–Kier alpha value is -0.530. The largest absolute Gasteiger partial charge is 0.370 e. The summed E-state index contributed by atoms with van der Waals surface area (Å²) in [5.41, 5.74) is 5.69. The molecule has 0 heterocycles. The fraction of sp³-hybridized carbons (Fsp3) is 0.857. The van der Waals surface area contributed by atoms with Crippen molar-refractivity contribution in [3.8, 4) is 0 Å². The van der Waals surface area contributed by atoms with E-state index < -0.39 is 0 Å². The van der Waals surface area contributed by atoms with Gasteiger partial charge in [-0.05, 0) is 26.7 Å². The van der Waals surface area contributed by atoms with Gasteiger partial charge in [0, 0.05) is 27.2 Å². The zero-order valence-electron chi connectivity index (χ0n) is 13.2. The lowest BCUT2D eigenvalue weighted by Gasteiger charge is -2.30. The molecule has 0 unspecified atom stereocenters. The molecule has 20 heavy (non-hydrogen) atoms. The second kappa shape index (κ2) is 8.69. The summed E-state index contributed by atoms with van der Waals surface area (Å²) in [6.07, 6.45) is 4.08. The van der Waals surface area contributed by atoms with E-state index in [0.717, 1.165) is 38.8 Å². The lowest BCUT2D eigenvalue weighted by Crippen LogP contribution is -2.42. The molecule has 0 aromatic rings. The monoisotopic (exact) mass is 396 g/mol. The molecule has 1 fully saturated rings. The van der Waals surface area contributed by atoms with Crippen molar-refractivity contribution in [1.29, 1.82) is 0 Å². The van der Waals surface area contributed by atoms with Crippen molar-refractivity contribution in [1.82, 2.24) is 9.80 Å². The summed E-state index contributed by atoms with van der Waals surface area (Å²) in [5.74, 6) is 0.754. The van der Waals surface area contributed by atoms with Crippen molar-refractivity contribution in [2.24, 2.45) is 16.1 Å². The van der Waals surface area contributed by atoms with Gasteiger partial charge in [-0.2, -0.15) is 0 Å². The molecule has 2 N–H and O–H groups in total. The number of hydrogen-bond acceptors (Lipinski definition) is 2. The molecule has 0 aromatic heterocycles. The van der Waals surface area contributed by atoms with E-state index in [1.165, 1.54) is 0 Å². The van der Waals surface area contributed by atoms with Crippen LogP contribution < -0.4 is 5.73 Å². The van der Waals surface area contributed by atoms with Gasteiger partial charge in [0.1, 0.15) is 0 Å². The van der Waals surface area contributed by atoms with Crippen LogP contribution in [-0.2, 0) is 4.79 Å². The fourth-order valence-corrected chi connectivity index (χ4v) is 2.85. The Labute approximate surface area is 140 Å². The van der Waals surface area contributed by atoms with Crippen LogP contribution in [-0.4, -0.2) is 55.4 Å². The Kier molecular flexibility index (Phi) is 8.46. The van der Waals surface area contributed by atoms with Crippen LogP contribution in [0.3, 0.4) is 0 Å². The molecule has 0 radical (unpaired) electrons. The number of carbonyl (C=O) groups excluding carboxylic acids is 1. The van der Waals surface area contributed by atoms with Crippen LogP contribution in [0.4, 0.5) is 0 Å².